The van der Waals surface area contributed by atoms with Crippen LogP contribution in [0.2, 0.25) is 0 Å². The van der Waals surface area contributed by atoms with E-state index in [0.717, 1.165) is 24.0 Å². The number of anilines is 2. The Kier molecular flexibility index (Phi) is 7.77. The van der Waals surface area contributed by atoms with Crippen molar-refractivity contribution >= 4 is 23.2 Å². The number of carbonyl (C=O) groups is 2. The number of hydrogen-bond donors (Lipinski definition) is 4. The van der Waals surface area contributed by atoms with Gasteiger partial charge in [-0.05, 0) is 65.1 Å². The molecule has 2 amide bonds. The second kappa shape index (κ2) is 10.4. The predicted molar refractivity (Wildman–Crippen MR) is 145 cm³/mol. The highest BCUT2D eigenvalue weighted by Crippen LogP contribution is 2.36. The maximum Gasteiger partial charge on any atom is 0.259 e. The highest BCUT2D eigenvalue weighted by molar-refractivity contribution is 6.09. The summed E-state index contributed by atoms with van der Waals surface area (Å²) in [6, 6.07) is 17.0. The van der Waals surface area contributed by atoms with E-state index < -0.39 is 11.8 Å². The smallest absolute Gasteiger partial charge is 0.259 e. The van der Waals surface area contributed by atoms with Gasteiger partial charge in [0, 0.05) is 11.4 Å². The number of hydrogen-bond acceptors (Lipinski definition) is 4. The molecule has 190 valence electrons. The lowest BCUT2D eigenvalue weighted by atomic mass is 9.79. The Labute approximate surface area is 213 Å². The first-order chi connectivity index (χ1) is 16.9. The quantitative estimate of drug-likeness (QED) is 0.275. The Morgan fingerprint density at radius 1 is 0.667 bits per heavy atom. The van der Waals surface area contributed by atoms with E-state index in [2.05, 4.69) is 10.6 Å². The highest BCUT2D eigenvalue weighted by atomic mass is 16.3. The van der Waals surface area contributed by atoms with Gasteiger partial charge in [-0.3, -0.25) is 9.59 Å². The molecular formula is C30H36N2O4. The van der Waals surface area contributed by atoms with E-state index in [-0.39, 0.29) is 33.5 Å². The van der Waals surface area contributed by atoms with Crippen molar-refractivity contribution in [3.63, 3.8) is 0 Å². The van der Waals surface area contributed by atoms with Gasteiger partial charge in [0.25, 0.3) is 11.8 Å². The molecule has 0 aliphatic carbocycles. The van der Waals surface area contributed by atoms with Gasteiger partial charge in [-0.1, -0.05) is 71.9 Å². The first-order valence-electron chi connectivity index (χ1n) is 12.3. The molecule has 0 unspecified atom stereocenters. The summed E-state index contributed by atoms with van der Waals surface area (Å²) >= 11 is 0. The van der Waals surface area contributed by atoms with Gasteiger partial charge in [0.1, 0.15) is 11.5 Å². The number of aromatic hydroxyl groups is 2. The maximum atomic E-state index is 13.2. The van der Waals surface area contributed by atoms with Crippen LogP contribution in [0.4, 0.5) is 11.4 Å². The number of phenolic OH excluding ortho intramolecular Hbond substituents is 2. The van der Waals surface area contributed by atoms with Gasteiger partial charge in [0.2, 0.25) is 0 Å². The lowest BCUT2D eigenvalue weighted by molar-refractivity contribution is 0.101. The fourth-order valence-corrected chi connectivity index (χ4v) is 4.13. The van der Waals surface area contributed by atoms with Crippen LogP contribution >= 0.6 is 0 Å². The molecule has 4 N–H and O–H groups in total. The van der Waals surface area contributed by atoms with Crippen LogP contribution < -0.4 is 10.6 Å². The van der Waals surface area contributed by atoms with Crippen LogP contribution in [0.3, 0.4) is 0 Å². The molecule has 6 nitrogen and oxygen atoms in total. The fraction of sp³-hybridized carbons (Fsp3) is 0.333. The summed E-state index contributed by atoms with van der Waals surface area (Å²) in [6.45, 7) is 12.2. The summed E-state index contributed by atoms with van der Waals surface area (Å²) in [5, 5.41) is 26.7. The average Bonchev–Trinajstić information content (AvgIpc) is 2.83. The molecule has 0 aliphatic heterocycles. The van der Waals surface area contributed by atoms with Gasteiger partial charge < -0.3 is 20.8 Å². The van der Waals surface area contributed by atoms with E-state index in [4.69, 9.17) is 0 Å². The van der Waals surface area contributed by atoms with Gasteiger partial charge in [-0.15, -0.1) is 0 Å². The van der Waals surface area contributed by atoms with Gasteiger partial charge in [0.15, 0.2) is 0 Å². The summed E-state index contributed by atoms with van der Waals surface area (Å²) < 4.78 is 0. The van der Waals surface area contributed by atoms with E-state index in [1.165, 1.54) is 12.1 Å². The van der Waals surface area contributed by atoms with Gasteiger partial charge >= 0.3 is 0 Å². The molecule has 0 aliphatic rings. The molecule has 0 saturated carbocycles. The summed E-state index contributed by atoms with van der Waals surface area (Å²) in [6.07, 6.45) is 1.59. The van der Waals surface area contributed by atoms with E-state index in [1.54, 1.807) is 36.4 Å². The Hall–Kier alpha value is -3.80. The van der Waals surface area contributed by atoms with E-state index in [9.17, 15) is 19.8 Å². The molecule has 0 heterocycles. The average molecular weight is 489 g/mol. The van der Waals surface area contributed by atoms with Crippen molar-refractivity contribution < 1.29 is 19.8 Å². The second-order valence-corrected chi connectivity index (χ2v) is 10.4. The molecule has 0 atom stereocenters. The minimum atomic E-state index is -0.430. The third-order valence-electron chi connectivity index (χ3n) is 7.14. The summed E-state index contributed by atoms with van der Waals surface area (Å²) in [7, 11) is 0. The van der Waals surface area contributed by atoms with Crippen molar-refractivity contribution in [2.75, 3.05) is 10.6 Å². The molecule has 0 bridgehead atoms. The molecule has 6 heteroatoms. The van der Waals surface area contributed by atoms with Crippen LogP contribution in [0, 0.1) is 0 Å². The highest BCUT2D eigenvalue weighted by Gasteiger charge is 2.28. The van der Waals surface area contributed by atoms with Crippen molar-refractivity contribution in [2.24, 2.45) is 0 Å². The fourth-order valence-electron chi connectivity index (χ4n) is 4.13. The predicted octanol–water partition coefficient (Wildman–Crippen LogP) is 6.98. The number of rotatable bonds is 8. The Morgan fingerprint density at radius 2 is 1.03 bits per heavy atom. The Morgan fingerprint density at radius 3 is 1.39 bits per heavy atom. The summed E-state index contributed by atoms with van der Waals surface area (Å²) in [5.74, 6) is -1.02. The van der Waals surface area contributed by atoms with Crippen LogP contribution in [-0.2, 0) is 10.8 Å². The van der Waals surface area contributed by atoms with Crippen molar-refractivity contribution in [2.45, 2.75) is 65.2 Å². The van der Waals surface area contributed by atoms with E-state index >= 15 is 0 Å². The maximum absolute atomic E-state index is 13.2. The number of benzene rings is 3. The number of phenols is 2. The van der Waals surface area contributed by atoms with Crippen LogP contribution in [0.1, 0.15) is 86.2 Å². The second-order valence-electron chi connectivity index (χ2n) is 10.4. The minimum absolute atomic E-state index is 0.0818. The van der Waals surface area contributed by atoms with Gasteiger partial charge in [0.05, 0.1) is 11.1 Å². The zero-order valence-corrected chi connectivity index (χ0v) is 21.9. The molecule has 36 heavy (non-hydrogen) atoms. The first kappa shape index (κ1) is 26.8. The largest absolute Gasteiger partial charge is 0.507 e. The van der Waals surface area contributed by atoms with E-state index in [1.807, 2.05) is 53.7 Å². The molecule has 0 radical (unpaired) electrons. The number of nitrogens with one attached hydrogen (secondary N) is 2. The normalized spacial score (nSPS) is 11.7. The van der Waals surface area contributed by atoms with Crippen LogP contribution in [0.15, 0.2) is 60.7 Å². The first-order valence-corrected chi connectivity index (χ1v) is 12.3. The Bertz CT molecular complexity index is 1180. The van der Waals surface area contributed by atoms with Crippen molar-refractivity contribution in [1.29, 1.82) is 0 Å². The van der Waals surface area contributed by atoms with Crippen LogP contribution in [0.5, 0.6) is 11.5 Å². The zero-order chi connectivity index (χ0) is 26.7. The Balaban J connectivity index is 1.88. The van der Waals surface area contributed by atoms with Crippen LogP contribution in [-0.4, -0.2) is 22.0 Å². The van der Waals surface area contributed by atoms with Gasteiger partial charge in [-0.2, -0.15) is 0 Å². The standard InChI is InChI=1S/C30H36N2O4/c1-7-29(3,4)21-14-10-16-23(33)25(21)27(35)31-19-12-9-13-20(18-19)32-28(36)26-22(30(5,6)8-2)15-11-17-24(26)34/h9-18,33-34H,7-8H2,1-6H3,(H,31,35)(H,32,36). The molecule has 0 spiro atoms. The minimum Gasteiger partial charge on any atom is -0.507 e. The van der Waals surface area contributed by atoms with Gasteiger partial charge in [-0.25, -0.2) is 0 Å². The summed E-state index contributed by atoms with van der Waals surface area (Å²) in [4.78, 5) is 26.4. The molecular weight excluding hydrogens is 452 g/mol. The van der Waals surface area contributed by atoms with Crippen molar-refractivity contribution in [1.82, 2.24) is 0 Å². The molecule has 3 aromatic rings. The zero-order valence-electron chi connectivity index (χ0n) is 21.9. The van der Waals surface area contributed by atoms with Crippen molar-refractivity contribution in [3.8, 4) is 11.5 Å². The lowest BCUT2D eigenvalue weighted by Crippen LogP contribution is -2.23. The number of carbonyl (C=O) groups excluding carboxylic acids is 2. The third-order valence-corrected chi connectivity index (χ3v) is 7.14. The topological polar surface area (TPSA) is 98.7 Å². The van der Waals surface area contributed by atoms with E-state index in [0.29, 0.717) is 11.4 Å². The lowest BCUT2D eigenvalue weighted by Gasteiger charge is -2.26. The third kappa shape index (κ3) is 5.54. The van der Waals surface area contributed by atoms with Crippen molar-refractivity contribution in [3.05, 3.63) is 82.9 Å². The monoisotopic (exact) mass is 488 g/mol. The summed E-state index contributed by atoms with van der Waals surface area (Å²) in [5.41, 5.74) is 2.32. The molecule has 0 saturated heterocycles. The molecule has 3 aromatic carbocycles. The molecule has 0 fully saturated rings. The molecule has 0 aromatic heterocycles. The number of amides is 2. The van der Waals surface area contributed by atoms with Crippen LogP contribution in [0.25, 0.3) is 0 Å². The SMILES string of the molecule is CCC(C)(C)c1cccc(O)c1C(=O)Nc1cccc(NC(=O)c2c(O)cccc2C(C)(C)CC)c1. The molecule has 3 rings (SSSR count).